The molecule has 0 aromatic heterocycles. The number of nitrogens with zero attached hydrogens (tertiary/aromatic N) is 4. The standard InChI is InChI=1S/C40H26Cl8N8O6/c1-17(57)33(55-53-29-15-19(9-11-21(29)41)37(59)51-35-23(43)5-3-6-24(35)44)39(61)49-27-13-14-28(32(48)31(27)47)50-40(62)34(18(2)58)56-54-30-16-20(10-12-22(30)42)38(60)52-36-25(45)7-4-8-26(36)46/h3-16,33-34H,1-2H3,(H,49,61)(H,50,62)(H,51,59)(H,52,60). The molecule has 0 aliphatic rings. The van der Waals surface area contributed by atoms with E-state index in [1.54, 1.807) is 36.4 Å². The maximum Gasteiger partial charge on any atom is 0.258 e. The topological polar surface area (TPSA) is 200 Å². The van der Waals surface area contributed by atoms with Crippen molar-refractivity contribution < 1.29 is 28.8 Å². The van der Waals surface area contributed by atoms with Crippen LogP contribution in [0.25, 0.3) is 0 Å². The number of anilines is 4. The van der Waals surface area contributed by atoms with Crippen molar-refractivity contribution in [2.75, 3.05) is 21.3 Å². The predicted octanol–water partition coefficient (Wildman–Crippen LogP) is 12.8. The number of halogens is 8. The number of carbonyl (C=O) groups excluding carboxylic acids is 6. The summed E-state index contributed by atoms with van der Waals surface area (Å²) in [4.78, 5) is 77.6. The van der Waals surface area contributed by atoms with Gasteiger partial charge in [-0.15, -0.1) is 0 Å². The Hall–Kier alpha value is -5.16. The number of carbonyl (C=O) groups is 6. The third kappa shape index (κ3) is 11.8. The minimum atomic E-state index is -1.72. The van der Waals surface area contributed by atoms with E-state index in [-0.39, 0.29) is 85.4 Å². The number of hydrogen-bond acceptors (Lipinski definition) is 10. The van der Waals surface area contributed by atoms with Crippen LogP contribution in [0, 0.1) is 0 Å². The third-order valence-corrected chi connectivity index (χ3v) is 11.0. The molecule has 0 heterocycles. The minimum Gasteiger partial charge on any atom is -0.322 e. The summed E-state index contributed by atoms with van der Waals surface area (Å²) in [5.41, 5.74) is 0.238. The number of Topliss-reactive ketones (excluding diaryl/α,β-unsaturated/α-hetero) is 2. The Morgan fingerprint density at radius 2 is 0.790 bits per heavy atom. The van der Waals surface area contributed by atoms with Crippen molar-refractivity contribution in [3.8, 4) is 0 Å². The van der Waals surface area contributed by atoms with Crippen molar-refractivity contribution in [2.45, 2.75) is 25.9 Å². The molecule has 4 N–H and O–H groups in total. The molecule has 0 saturated heterocycles. The van der Waals surface area contributed by atoms with Crippen molar-refractivity contribution in [2.24, 2.45) is 20.5 Å². The number of hydrogen-bond donors (Lipinski definition) is 4. The molecule has 0 saturated carbocycles. The van der Waals surface area contributed by atoms with Crippen molar-refractivity contribution in [3.63, 3.8) is 0 Å². The summed E-state index contributed by atoms with van der Waals surface area (Å²) in [7, 11) is 0. The van der Waals surface area contributed by atoms with Crippen molar-refractivity contribution in [1.82, 2.24) is 0 Å². The van der Waals surface area contributed by atoms with Crippen LogP contribution in [0.15, 0.2) is 105 Å². The van der Waals surface area contributed by atoms with Crippen LogP contribution < -0.4 is 21.3 Å². The van der Waals surface area contributed by atoms with E-state index in [9.17, 15) is 28.8 Å². The molecule has 0 radical (unpaired) electrons. The van der Waals surface area contributed by atoms with Crippen LogP contribution >= 0.6 is 92.8 Å². The number of para-hydroxylation sites is 2. The lowest BCUT2D eigenvalue weighted by atomic mass is 10.1. The first-order valence-corrected chi connectivity index (χ1v) is 20.4. The van der Waals surface area contributed by atoms with Crippen molar-refractivity contribution >= 4 is 162 Å². The van der Waals surface area contributed by atoms with Gasteiger partial charge in [-0.3, -0.25) is 28.8 Å². The van der Waals surface area contributed by atoms with Crippen molar-refractivity contribution in [3.05, 3.63) is 136 Å². The van der Waals surface area contributed by atoms with Crippen LogP contribution in [-0.2, 0) is 19.2 Å². The zero-order valence-corrected chi connectivity index (χ0v) is 37.5. The average molecular weight is 998 g/mol. The van der Waals surface area contributed by atoms with Crippen LogP contribution in [0.2, 0.25) is 40.2 Å². The molecule has 318 valence electrons. The summed E-state index contributed by atoms with van der Waals surface area (Å²) in [6, 6.07) is 16.6. The Kier molecular flexibility index (Phi) is 16.4. The van der Waals surface area contributed by atoms with E-state index in [2.05, 4.69) is 41.7 Å². The van der Waals surface area contributed by atoms with Gasteiger partial charge in [0, 0.05) is 11.1 Å². The molecule has 0 fully saturated rings. The smallest absolute Gasteiger partial charge is 0.258 e. The first-order chi connectivity index (χ1) is 29.4. The Morgan fingerprint density at radius 3 is 1.11 bits per heavy atom. The molecule has 4 amide bonds. The monoisotopic (exact) mass is 994 g/mol. The molecule has 5 aromatic carbocycles. The minimum absolute atomic E-state index is 0.0449. The summed E-state index contributed by atoms with van der Waals surface area (Å²) in [5.74, 6) is -4.62. The van der Waals surface area contributed by atoms with E-state index < -0.39 is 47.3 Å². The molecule has 5 rings (SSSR count). The largest absolute Gasteiger partial charge is 0.322 e. The van der Waals surface area contributed by atoms with E-state index in [0.717, 1.165) is 13.8 Å². The predicted molar refractivity (Wildman–Crippen MR) is 243 cm³/mol. The van der Waals surface area contributed by atoms with Gasteiger partial charge in [0.25, 0.3) is 23.6 Å². The second-order valence-electron chi connectivity index (χ2n) is 12.7. The zero-order chi connectivity index (χ0) is 45.4. The second-order valence-corrected chi connectivity index (χ2v) is 15.9. The molecule has 0 aliphatic carbocycles. The van der Waals surface area contributed by atoms with Gasteiger partial charge in [0.15, 0.2) is 11.6 Å². The highest BCUT2D eigenvalue weighted by molar-refractivity contribution is 6.46. The van der Waals surface area contributed by atoms with E-state index in [0.29, 0.717) is 0 Å². The molecule has 2 atom stereocenters. The molecule has 5 aromatic rings. The fraction of sp³-hybridized carbons (Fsp3) is 0.100. The second kappa shape index (κ2) is 21.3. The number of rotatable bonds is 14. The normalized spacial score (nSPS) is 12.2. The summed E-state index contributed by atoms with van der Waals surface area (Å²) in [5, 5.41) is 26.1. The number of azo groups is 2. The molecule has 0 bridgehead atoms. The van der Waals surface area contributed by atoms with Gasteiger partial charge >= 0.3 is 0 Å². The van der Waals surface area contributed by atoms with Gasteiger partial charge in [-0.05, 0) is 86.6 Å². The number of nitrogens with one attached hydrogen (secondary N) is 4. The summed E-state index contributed by atoms with van der Waals surface area (Å²) >= 11 is 50.1. The van der Waals surface area contributed by atoms with Gasteiger partial charge in [-0.2, -0.15) is 20.5 Å². The number of benzene rings is 5. The van der Waals surface area contributed by atoms with Crippen LogP contribution in [0.4, 0.5) is 34.1 Å². The van der Waals surface area contributed by atoms with Gasteiger partial charge in [0.05, 0.1) is 62.9 Å². The van der Waals surface area contributed by atoms with Crippen LogP contribution in [0.1, 0.15) is 34.6 Å². The molecule has 0 aliphatic heterocycles. The SMILES string of the molecule is CC(=O)C(N=Nc1cc(C(=O)Nc2c(Cl)cccc2Cl)ccc1Cl)C(=O)Nc1ccc(NC(=O)C(N=Nc2cc(C(=O)Nc3c(Cl)cccc3Cl)ccc2Cl)C(C)=O)c(Cl)c1Cl. The van der Waals surface area contributed by atoms with E-state index >= 15 is 0 Å². The van der Waals surface area contributed by atoms with Gasteiger partial charge in [0.2, 0.25) is 12.1 Å². The van der Waals surface area contributed by atoms with E-state index in [4.69, 9.17) is 92.8 Å². The Bertz CT molecular complexity index is 2490. The highest BCUT2D eigenvalue weighted by atomic mass is 35.5. The summed E-state index contributed by atoms with van der Waals surface area (Å²) in [6.45, 7) is 2.19. The third-order valence-electron chi connectivity index (χ3n) is 8.25. The Labute approximate surface area is 392 Å². The fourth-order valence-corrected chi connectivity index (χ4v) is 6.81. The molecular weight excluding hydrogens is 972 g/mol. The Balaban J connectivity index is 1.27. The lowest BCUT2D eigenvalue weighted by Gasteiger charge is -2.15. The van der Waals surface area contributed by atoms with Crippen LogP contribution in [0.5, 0.6) is 0 Å². The molecule has 0 spiro atoms. The first kappa shape index (κ1) is 47.9. The highest BCUT2D eigenvalue weighted by Crippen LogP contribution is 2.37. The highest BCUT2D eigenvalue weighted by Gasteiger charge is 2.27. The van der Waals surface area contributed by atoms with Gasteiger partial charge in [0.1, 0.15) is 11.4 Å². The lowest BCUT2D eigenvalue weighted by molar-refractivity contribution is -0.127. The summed E-state index contributed by atoms with van der Waals surface area (Å²) < 4.78 is 0. The average Bonchev–Trinajstić information content (AvgIpc) is 3.21. The molecule has 14 nitrogen and oxygen atoms in total. The molecule has 22 heteroatoms. The zero-order valence-electron chi connectivity index (χ0n) is 31.5. The van der Waals surface area contributed by atoms with Gasteiger partial charge in [-0.1, -0.05) is 105 Å². The first-order valence-electron chi connectivity index (χ1n) is 17.4. The maximum absolute atomic E-state index is 13.3. The Morgan fingerprint density at radius 1 is 0.452 bits per heavy atom. The quantitative estimate of drug-likeness (QED) is 0.0630. The lowest BCUT2D eigenvalue weighted by Crippen LogP contribution is -2.32. The fourth-order valence-electron chi connectivity index (χ4n) is 5.09. The maximum atomic E-state index is 13.3. The van der Waals surface area contributed by atoms with E-state index in [1.807, 2.05) is 0 Å². The van der Waals surface area contributed by atoms with E-state index in [1.165, 1.54) is 48.5 Å². The molecular formula is C40H26Cl8N8O6. The van der Waals surface area contributed by atoms with Gasteiger partial charge < -0.3 is 21.3 Å². The van der Waals surface area contributed by atoms with Crippen LogP contribution in [-0.4, -0.2) is 47.3 Å². The number of ketones is 2. The molecule has 62 heavy (non-hydrogen) atoms. The number of amides is 4. The van der Waals surface area contributed by atoms with Crippen molar-refractivity contribution in [1.29, 1.82) is 0 Å². The summed E-state index contributed by atoms with van der Waals surface area (Å²) in [6.07, 6.45) is 0. The van der Waals surface area contributed by atoms with Gasteiger partial charge in [-0.25, -0.2) is 0 Å². The van der Waals surface area contributed by atoms with Crippen LogP contribution in [0.3, 0.4) is 0 Å². The molecule has 2 unspecified atom stereocenters.